The van der Waals surface area contributed by atoms with Crippen molar-refractivity contribution in [2.45, 2.75) is 65.6 Å². The lowest BCUT2D eigenvalue weighted by atomic mass is 10.0. The normalized spacial score (nSPS) is 12.0. The first-order valence-electron chi connectivity index (χ1n) is 12.6. The van der Waals surface area contributed by atoms with Crippen molar-refractivity contribution in [3.63, 3.8) is 0 Å². The van der Waals surface area contributed by atoms with E-state index in [1.807, 2.05) is 107 Å². The number of benzene rings is 3. The van der Waals surface area contributed by atoms with Crippen molar-refractivity contribution in [3.8, 4) is 5.75 Å². The van der Waals surface area contributed by atoms with Crippen molar-refractivity contribution >= 4 is 11.8 Å². The molecule has 0 aliphatic carbocycles. The fraction of sp³-hybridized carbons (Fsp3) is 0.355. The molecule has 3 aromatic rings. The number of hydrogen-bond acceptors (Lipinski definition) is 3. The Morgan fingerprint density at radius 3 is 2.17 bits per heavy atom. The summed E-state index contributed by atoms with van der Waals surface area (Å²) in [6, 6.07) is 24.9. The minimum Gasteiger partial charge on any atom is -0.484 e. The van der Waals surface area contributed by atoms with E-state index in [0.717, 1.165) is 23.1 Å². The number of nitrogens with zero attached hydrogens (tertiary/aromatic N) is 1. The lowest BCUT2D eigenvalue weighted by molar-refractivity contribution is -0.143. The molecule has 0 saturated heterocycles. The zero-order valence-electron chi connectivity index (χ0n) is 22.1. The lowest BCUT2D eigenvalue weighted by Crippen LogP contribution is -2.55. The van der Waals surface area contributed by atoms with Crippen LogP contribution in [0.5, 0.6) is 5.75 Å². The predicted octanol–water partition coefficient (Wildman–Crippen LogP) is 5.49. The van der Waals surface area contributed by atoms with Crippen LogP contribution in [0.1, 0.15) is 49.9 Å². The van der Waals surface area contributed by atoms with Gasteiger partial charge in [-0.1, -0.05) is 79.2 Å². The molecule has 3 rings (SSSR count). The Bertz CT molecular complexity index is 1130. The van der Waals surface area contributed by atoms with Gasteiger partial charge in [-0.2, -0.15) is 0 Å². The molecule has 3 aromatic carbocycles. The minimum atomic E-state index is -0.689. The molecule has 0 aliphatic heterocycles. The molecule has 0 radical (unpaired) electrons. The van der Waals surface area contributed by atoms with Gasteiger partial charge in [0.2, 0.25) is 5.91 Å². The largest absolute Gasteiger partial charge is 0.484 e. The van der Waals surface area contributed by atoms with Crippen LogP contribution in [0.25, 0.3) is 0 Å². The van der Waals surface area contributed by atoms with E-state index in [4.69, 9.17) is 4.74 Å². The molecule has 5 heteroatoms. The summed E-state index contributed by atoms with van der Waals surface area (Å²) < 4.78 is 5.87. The molecule has 1 unspecified atom stereocenters. The molecule has 0 saturated carbocycles. The number of carbonyl (C=O) groups is 2. The Balaban J connectivity index is 1.91. The van der Waals surface area contributed by atoms with Crippen molar-refractivity contribution in [2.24, 2.45) is 0 Å². The lowest BCUT2D eigenvalue weighted by Gasteiger charge is -2.33. The van der Waals surface area contributed by atoms with E-state index in [9.17, 15) is 9.59 Å². The molecule has 0 aliphatic rings. The second-order valence-corrected chi connectivity index (χ2v) is 10.2. The van der Waals surface area contributed by atoms with Crippen LogP contribution in [0.2, 0.25) is 0 Å². The summed E-state index contributed by atoms with van der Waals surface area (Å²) in [5.41, 5.74) is 3.84. The summed E-state index contributed by atoms with van der Waals surface area (Å²) in [6.07, 6.45) is 1.35. The monoisotopic (exact) mass is 486 g/mol. The highest BCUT2D eigenvalue weighted by molar-refractivity contribution is 5.89. The number of nitrogens with one attached hydrogen (secondary N) is 1. The molecule has 1 atom stereocenters. The van der Waals surface area contributed by atoms with Crippen molar-refractivity contribution in [1.82, 2.24) is 10.2 Å². The molecule has 190 valence electrons. The van der Waals surface area contributed by atoms with Gasteiger partial charge in [-0.25, -0.2) is 0 Å². The fourth-order valence-electron chi connectivity index (χ4n) is 4.06. The third-order valence-electron chi connectivity index (χ3n) is 5.90. The highest BCUT2D eigenvalue weighted by Crippen LogP contribution is 2.18. The van der Waals surface area contributed by atoms with Crippen LogP contribution < -0.4 is 10.1 Å². The molecule has 0 aromatic heterocycles. The average molecular weight is 487 g/mol. The van der Waals surface area contributed by atoms with E-state index < -0.39 is 11.6 Å². The summed E-state index contributed by atoms with van der Waals surface area (Å²) >= 11 is 0. The van der Waals surface area contributed by atoms with Crippen LogP contribution in [-0.4, -0.2) is 34.9 Å². The van der Waals surface area contributed by atoms with Gasteiger partial charge in [0.05, 0.1) is 0 Å². The van der Waals surface area contributed by atoms with E-state index in [0.29, 0.717) is 18.7 Å². The van der Waals surface area contributed by atoms with Crippen LogP contribution in [-0.2, 0) is 29.0 Å². The Kier molecular flexibility index (Phi) is 9.29. The highest BCUT2D eigenvalue weighted by atomic mass is 16.5. The third-order valence-corrected chi connectivity index (χ3v) is 5.90. The number of hydrogen-bond donors (Lipinski definition) is 1. The van der Waals surface area contributed by atoms with Crippen molar-refractivity contribution in [3.05, 3.63) is 101 Å². The molecule has 0 heterocycles. The molecule has 0 bridgehead atoms. The maximum Gasteiger partial charge on any atom is 0.261 e. The second kappa shape index (κ2) is 12.4. The second-order valence-electron chi connectivity index (χ2n) is 10.2. The zero-order chi connectivity index (χ0) is 26.1. The van der Waals surface area contributed by atoms with Crippen LogP contribution in [0.3, 0.4) is 0 Å². The maximum absolute atomic E-state index is 13.7. The number of rotatable bonds is 10. The number of ether oxygens (including phenoxy) is 1. The quantitative estimate of drug-likeness (QED) is 0.412. The Morgan fingerprint density at radius 2 is 1.56 bits per heavy atom. The first kappa shape index (κ1) is 27.0. The maximum atomic E-state index is 13.7. The number of aryl methyl sites for hydroxylation is 2. The van der Waals surface area contributed by atoms with E-state index >= 15 is 0 Å². The number of carbonyl (C=O) groups excluding carboxylic acids is 2. The Labute approximate surface area is 215 Å². The van der Waals surface area contributed by atoms with Gasteiger partial charge < -0.3 is 15.0 Å². The summed E-state index contributed by atoms with van der Waals surface area (Å²) in [5, 5.41) is 3.08. The van der Waals surface area contributed by atoms with Gasteiger partial charge >= 0.3 is 0 Å². The Hall–Kier alpha value is -3.60. The van der Waals surface area contributed by atoms with Gasteiger partial charge in [0.15, 0.2) is 6.61 Å². The average Bonchev–Trinajstić information content (AvgIpc) is 2.84. The van der Waals surface area contributed by atoms with E-state index in [1.54, 1.807) is 4.90 Å². The molecule has 0 fully saturated rings. The molecule has 5 nitrogen and oxygen atoms in total. The molecule has 2 amide bonds. The highest BCUT2D eigenvalue weighted by Gasteiger charge is 2.32. The standard InChI is InChI=1S/C31H38N2O3/c1-6-24-15-17-27(18-16-24)36-22-29(34)33(21-26-14-10-11-23(2)19-26)28(30(35)32-31(3,4)5)20-25-12-8-7-9-13-25/h7-19,28H,6,20-22H2,1-5H3,(H,32,35). The zero-order valence-corrected chi connectivity index (χ0v) is 22.1. The predicted molar refractivity (Wildman–Crippen MR) is 145 cm³/mol. The van der Waals surface area contributed by atoms with Crippen molar-refractivity contribution in [1.29, 1.82) is 0 Å². The smallest absolute Gasteiger partial charge is 0.261 e. The first-order chi connectivity index (χ1) is 17.1. The van der Waals surface area contributed by atoms with Crippen LogP contribution >= 0.6 is 0 Å². The van der Waals surface area contributed by atoms with Gasteiger partial charge in [0.25, 0.3) is 5.91 Å². The van der Waals surface area contributed by atoms with E-state index in [2.05, 4.69) is 12.2 Å². The van der Waals surface area contributed by atoms with Gasteiger partial charge in [0, 0.05) is 18.5 Å². The van der Waals surface area contributed by atoms with Gasteiger partial charge in [-0.05, 0) is 62.9 Å². The summed E-state index contributed by atoms with van der Waals surface area (Å²) in [6.45, 7) is 10.1. The molecule has 36 heavy (non-hydrogen) atoms. The van der Waals surface area contributed by atoms with Gasteiger partial charge in [0.1, 0.15) is 11.8 Å². The number of amides is 2. The molecule has 0 spiro atoms. The van der Waals surface area contributed by atoms with Crippen LogP contribution in [0, 0.1) is 6.92 Å². The summed E-state index contributed by atoms with van der Waals surface area (Å²) in [4.78, 5) is 28.9. The van der Waals surface area contributed by atoms with Crippen molar-refractivity contribution < 1.29 is 14.3 Å². The summed E-state index contributed by atoms with van der Waals surface area (Å²) in [7, 11) is 0. The fourth-order valence-corrected chi connectivity index (χ4v) is 4.06. The van der Waals surface area contributed by atoms with Crippen LogP contribution in [0.4, 0.5) is 0 Å². The van der Waals surface area contributed by atoms with E-state index in [-0.39, 0.29) is 18.4 Å². The minimum absolute atomic E-state index is 0.147. The van der Waals surface area contributed by atoms with Gasteiger partial charge in [-0.3, -0.25) is 9.59 Å². The van der Waals surface area contributed by atoms with Crippen molar-refractivity contribution in [2.75, 3.05) is 6.61 Å². The van der Waals surface area contributed by atoms with E-state index in [1.165, 1.54) is 5.56 Å². The van der Waals surface area contributed by atoms with Gasteiger partial charge in [-0.15, -0.1) is 0 Å². The Morgan fingerprint density at radius 1 is 0.889 bits per heavy atom. The first-order valence-corrected chi connectivity index (χ1v) is 12.6. The molecule has 1 N–H and O–H groups in total. The molecular weight excluding hydrogens is 448 g/mol. The third kappa shape index (κ3) is 8.26. The molecular formula is C31H38N2O3. The van der Waals surface area contributed by atoms with Crippen LogP contribution in [0.15, 0.2) is 78.9 Å². The summed E-state index contributed by atoms with van der Waals surface area (Å²) in [5.74, 6) is 0.218. The topological polar surface area (TPSA) is 58.6 Å². The SMILES string of the molecule is CCc1ccc(OCC(=O)N(Cc2cccc(C)c2)C(Cc2ccccc2)C(=O)NC(C)(C)C)cc1.